The summed E-state index contributed by atoms with van der Waals surface area (Å²) in [6.07, 6.45) is 0. The maximum atomic E-state index is 13.1. The van der Waals surface area contributed by atoms with Crippen molar-refractivity contribution in [2.24, 2.45) is 0 Å². The fourth-order valence-corrected chi connectivity index (χ4v) is 6.45. The van der Waals surface area contributed by atoms with Crippen molar-refractivity contribution in [3.8, 4) is 17.2 Å². The van der Waals surface area contributed by atoms with Gasteiger partial charge in [0.1, 0.15) is 6.04 Å². The molecular formula is C20H20N2O4S2. The summed E-state index contributed by atoms with van der Waals surface area (Å²) in [7, 11) is -3.95. The van der Waals surface area contributed by atoms with Gasteiger partial charge in [0.05, 0.1) is 16.5 Å². The number of nitrogens with zero attached hydrogens (tertiary/aromatic N) is 2. The van der Waals surface area contributed by atoms with Crippen LogP contribution in [0, 0.1) is 11.3 Å². The summed E-state index contributed by atoms with van der Waals surface area (Å²) >= 11 is 1.46. The summed E-state index contributed by atoms with van der Waals surface area (Å²) in [5, 5.41) is 18.7. The molecule has 0 radical (unpaired) electrons. The van der Waals surface area contributed by atoms with Gasteiger partial charge in [-0.25, -0.2) is 8.42 Å². The monoisotopic (exact) mass is 416 g/mol. The van der Waals surface area contributed by atoms with Crippen LogP contribution in [-0.4, -0.2) is 46.9 Å². The number of hydrogen-bond acceptors (Lipinski definition) is 5. The molecule has 1 heterocycles. The third kappa shape index (κ3) is 3.78. The number of carboxylic acid groups (broad SMARTS) is 1. The zero-order valence-corrected chi connectivity index (χ0v) is 17.1. The largest absolute Gasteiger partial charge is 0.480 e. The lowest BCUT2D eigenvalue weighted by atomic mass is 10.0. The molecule has 0 amide bonds. The van der Waals surface area contributed by atoms with Crippen LogP contribution in [0.15, 0.2) is 53.4 Å². The van der Waals surface area contributed by atoms with Crippen LogP contribution in [0.5, 0.6) is 0 Å². The van der Waals surface area contributed by atoms with E-state index in [4.69, 9.17) is 5.26 Å². The summed E-state index contributed by atoms with van der Waals surface area (Å²) < 4.78 is 26.7. The molecule has 146 valence electrons. The first-order valence-corrected chi connectivity index (χ1v) is 11.1. The number of rotatable bonds is 4. The lowest BCUT2D eigenvalue weighted by Gasteiger charge is -2.42. The van der Waals surface area contributed by atoms with Gasteiger partial charge in [0, 0.05) is 17.0 Å². The zero-order valence-electron chi connectivity index (χ0n) is 15.5. The first-order valence-electron chi connectivity index (χ1n) is 8.66. The number of carbonyl (C=O) groups is 1. The maximum absolute atomic E-state index is 13.1. The highest BCUT2D eigenvalue weighted by Gasteiger charge is 2.48. The van der Waals surface area contributed by atoms with Gasteiger partial charge < -0.3 is 5.11 Å². The van der Waals surface area contributed by atoms with Crippen molar-refractivity contribution in [2.45, 2.75) is 29.5 Å². The lowest BCUT2D eigenvalue weighted by molar-refractivity contribution is -0.142. The third-order valence-electron chi connectivity index (χ3n) is 4.75. The number of sulfonamides is 1. The Morgan fingerprint density at radius 2 is 1.89 bits per heavy atom. The number of nitriles is 1. The predicted molar refractivity (Wildman–Crippen MR) is 108 cm³/mol. The van der Waals surface area contributed by atoms with Gasteiger partial charge >= 0.3 is 5.97 Å². The van der Waals surface area contributed by atoms with E-state index in [1.165, 1.54) is 23.9 Å². The number of benzene rings is 2. The molecule has 0 bridgehead atoms. The van der Waals surface area contributed by atoms with Crippen molar-refractivity contribution < 1.29 is 18.3 Å². The smallest absolute Gasteiger partial charge is 0.323 e. The first kappa shape index (κ1) is 20.4. The highest BCUT2D eigenvalue weighted by atomic mass is 32.2. The Labute approximate surface area is 168 Å². The second kappa shape index (κ2) is 7.59. The molecule has 1 aliphatic rings. The fraction of sp³-hybridized carbons (Fsp3) is 0.300. The average Bonchev–Trinajstić information content (AvgIpc) is 2.67. The summed E-state index contributed by atoms with van der Waals surface area (Å²) in [4.78, 5) is 11.9. The first-order chi connectivity index (χ1) is 13.2. The summed E-state index contributed by atoms with van der Waals surface area (Å²) in [5.74, 6) is -0.611. The molecule has 2 aromatic carbocycles. The topological polar surface area (TPSA) is 98.5 Å². The van der Waals surface area contributed by atoms with Crippen LogP contribution in [0.2, 0.25) is 0 Å². The Morgan fingerprint density at radius 3 is 2.50 bits per heavy atom. The van der Waals surface area contributed by atoms with E-state index in [1.807, 2.05) is 6.07 Å². The van der Waals surface area contributed by atoms with E-state index < -0.39 is 26.8 Å². The summed E-state index contributed by atoms with van der Waals surface area (Å²) in [6.45, 7) is 3.66. The Kier molecular flexibility index (Phi) is 5.53. The van der Waals surface area contributed by atoms with Crippen molar-refractivity contribution in [1.29, 1.82) is 5.26 Å². The van der Waals surface area contributed by atoms with Crippen LogP contribution in [-0.2, 0) is 14.8 Å². The Morgan fingerprint density at radius 1 is 1.21 bits per heavy atom. The molecule has 0 aliphatic carbocycles. The molecule has 1 fully saturated rings. The second-order valence-corrected chi connectivity index (χ2v) is 10.7. The van der Waals surface area contributed by atoms with E-state index >= 15 is 0 Å². The average molecular weight is 417 g/mol. The van der Waals surface area contributed by atoms with Crippen LogP contribution in [0.3, 0.4) is 0 Å². The molecule has 2 aromatic rings. The molecule has 3 rings (SSSR count). The van der Waals surface area contributed by atoms with Gasteiger partial charge in [-0.15, -0.1) is 0 Å². The molecule has 6 nitrogen and oxygen atoms in total. The van der Waals surface area contributed by atoms with Gasteiger partial charge in [0.2, 0.25) is 10.0 Å². The Balaban J connectivity index is 1.96. The van der Waals surface area contributed by atoms with Gasteiger partial charge in [0.15, 0.2) is 0 Å². The molecule has 1 atom stereocenters. The van der Waals surface area contributed by atoms with E-state index in [9.17, 15) is 18.3 Å². The zero-order chi connectivity index (χ0) is 20.5. The highest BCUT2D eigenvalue weighted by molar-refractivity contribution is 8.00. The standard InChI is InChI=1S/C20H20N2O4S2/c1-20(2)18(19(23)24)22(10-11-27-20)28(25,26)17-8-6-15(7-9-17)16-5-3-4-14(12-16)13-21/h3-9,12,18H,10-11H2,1-2H3,(H,23,24)/t18-/m0/s1. The maximum Gasteiger partial charge on any atom is 0.323 e. The van der Waals surface area contributed by atoms with E-state index in [0.29, 0.717) is 11.3 Å². The van der Waals surface area contributed by atoms with Gasteiger partial charge in [-0.2, -0.15) is 21.3 Å². The SMILES string of the molecule is CC1(C)SCCN(S(=O)(=O)c2ccc(-c3cccc(C#N)c3)cc2)[C@H]1C(=O)O. The lowest BCUT2D eigenvalue weighted by Crippen LogP contribution is -2.58. The molecule has 0 aromatic heterocycles. The molecule has 1 N–H and O–H groups in total. The van der Waals surface area contributed by atoms with E-state index in [2.05, 4.69) is 6.07 Å². The molecule has 0 spiro atoms. The third-order valence-corrected chi connectivity index (χ3v) is 7.98. The van der Waals surface area contributed by atoms with Crippen LogP contribution >= 0.6 is 11.8 Å². The van der Waals surface area contributed by atoms with Crippen LogP contribution in [0.4, 0.5) is 0 Å². The minimum absolute atomic E-state index is 0.0571. The molecule has 28 heavy (non-hydrogen) atoms. The molecule has 0 unspecified atom stereocenters. The summed E-state index contributed by atoms with van der Waals surface area (Å²) in [6, 6.07) is 14.3. The van der Waals surface area contributed by atoms with Crippen LogP contribution in [0.1, 0.15) is 19.4 Å². The second-order valence-electron chi connectivity index (χ2n) is 7.03. The van der Waals surface area contributed by atoms with Crippen molar-refractivity contribution >= 4 is 27.8 Å². The number of thioether (sulfide) groups is 1. The highest BCUT2D eigenvalue weighted by Crippen LogP contribution is 2.38. The van der Waals surface area contributed by atoms with Gasteiger partial charge in [0.25, 0.3) is 0 Å². The van der Waals surface area contributed by atoms with Crippen molar-refractivity contribution in [3.05, 3.63) is 54.1 Å². The normalized spacial score (nSPS) is 19.7. The number of hydrogen-bond donors (Lipinski definition) is 1. The van der Waals surface area contributed by atoms with Gasteiger partial charge in [-0.1, -0.05) is 24.3 Å². The molecule has 8 heteroatoms. The Bertz CT molecular complexity index is 1040. The molecule has 0 saturated carbocycles. The molecule has 1 saturated heterocycles. The predicted octanol–water partition coefficient (Wildman–Crippen LogP) is 3.19. The van der Waals surface area contributed by atoms with Gasteiger partial charge in [-0.3, -0.25) is 4.79 Å². The van der Waals surface area contributed by atoms with E-state index in [-0.39, 0.29) is 11.4 Å². The minimum atomic E-state index is -3.95. The molecule has 1 aliphatic heterocycles. The fourth-order valence-electron chi connectivity index (χ4n) is 3.36. The van der Waals surface area contributed by atoms with Crippen LogP contribution < -0.4 is 0 Å². The van der Waals surface area contributed by atoms with E-state index in [0.717, 1.165) is 15.4 Å². The van der Waals surface area contributed by atoms with Crippen LogP contribution in [0.25, 0.3) is 11.1 Å². The van der Waals surface area contributed by atoms with E-state index in [1.54, 1.807) is 44.2 Å². The summed E-state index contributed by atoms with van der Waals surface area (Å²) in [5.41, 5.74) is 2.11. The Hall–Kier alpha value is -2.34. The van der Waals surface area contributed by atoms with Crippen molar-refractivity contribution in [3.63, 3.8) is 0 Å². The van der Waals surface area contributed by atoms with Crippen molar-refractivity contribution in [1.82, 2.24) is 4.31 Å². The molecular weight excluding hydrogens is 396 g/mol. The number of aliphatic carboxylic acids is 1. The number of carboxylic acids is 1. The quantitative estimate of drug-likeness (QED) is 0.822. The van der Waals surface area contributed by atoms with Crippen molar-refractivity contribution in [2.75, 3.05) is 12.3 Å². The minimum Gasteiger partial charge on any atom is -0.480 e. The van der Waals surface area contributed by atoms with Gasteiger partial charge in [-0.05, 0) is 49.2 Å².